The molecule has 130 valence electrons. The maximum absolute atomic E-state index is 12.0. The van der Waals surface area contributed by atoms with Crippen molar-refractivity contribution < 1.29 is 13.9 Å². The minimum atomic E-state index is -0.103. The summed E-state index contributed by atoms with van der Waals surface area (Å²) in [7, 11) is 1.62. The highest BCUT2D eigenvalue weighted by atomic mass is 32.2. The number of para-hydroxylation sites is 2. The van der Waals surface area contributed by atoms with Crippen molar-refractivity contribution in [3.8, 4) is 11.4 Å². The number of nitrogens with zero attached hydrogens (tertiary/aromatic N) is 3. The number of carbonyl (C=O) groups excluding carboxylic acids is 1. The maximum Gasteiger partial charge on any atom is 0.230 e. The summed E-state index contributed by atoms with van der Waals surface area (Å²) < 4.78 is 12.5. The Morgan fingerprint density at radius 1 is 1.28 bits per heavy atom. The van der Waals surface area contributed by atoms with Crippen LogP contribution in [0.25, 0.3) is 5.69 Å². The van der Waals surface area contributed by atoms with E-state index >= 15 is 0 Å². The van der Waals surface area contributed by atoms with E-state index in [0.717, 1.165) is 17.3 Å². The first-order chi connectivity index (χ1) is 12.2. The van der Waals surface area contributed by atoms with E-state index in [-0.39, 0.29) is 11.7 Å². The number of carbonyl (C=O) groups is 1. The predicted octanol–water partition coefficient (Wildman–Crippen LogP) is 2.59. The summed E-state index contributed by atoms with van der Waals surface area (Å²) >= 11 is 1.32. The maximum atomic E-state index is 12.0. The number of thioether (sulfide) groups is 1. The van der Waals surface area contributed by atoms with Gasteiger partial charge in [0.25, 0.3) is 0 Å². The smallest absolute Gasteiger partial charge is 0.230 e. The Kier molecular flexibility index (Phi) is 5.39. The number of aromatic nitrogens is 3. The van der Waals surface area contributed by atoms with Gasteiger partial charge in [-0.25, -0.2) is 0 Å². The molecule has 0 saturated carbocycles. The number of aryl methyl sites for hydroxylation is 1. The SMILES string of the molecule is COc1ccccc1-n1c(C)nnc1SCC(=O)NCc1ccco1. The second kappa shape index (κ2) is 7.89. The van der Waals surface area contributed by atoms with Gasteiger partial charge in [0, 0.05) is 0 Å². The lowest BCUT2D eigenvalue weighted by atomic mass is 10.3. The molecule has 7 nitrogen and oxygen atoms in total. The third-order valence-electron chi connectivity index (χ3n) is 3.49. The quantitative estimate of drug-likeness (QED) is 0.654. The van der Waals surface area contributed by atoms with Crippen LogP contribution in [0.15, 0.2) is 52.2 Å². The molecule has 8 heteroatoms. The molecule has 1 N–H and O–H groups in total. The van der Waals surface area contributed by atoms with Crippen molar-refractivity contribution in [1.29, 1.82) is 0 Å². The fourth-order valence-electron chi connectivity index (χ4n) is 2.31. The minimum Gasteiger partial charge on any atom is -0.495 e. The minimum absolute atomic E-state index is 0.103. The average molecular weight is 358 g/mol. The molecule has 3 rings (SSSR count). The lowest BCUT2D eigenvalue weighted by Crippen LogP contribution is -2.24. The topological polar surface area (TPSA) is 82.2 Å². The van der Waals surface area contributed by atoms with Gasteiger partial charge in [-0.15, -0.1) is 10.2 Å². The van der Waals surface area contributed by atoms with Crippen LogP contribution in [-0.4, -0.2) is 33.5 Å². The molecule has 0 unspecified atom stereocenters. The van der Waals surface area contributed by atoms with E-state index < -0.39 is 0 Å². The van der Waals surface area contributed by atoms with E-state index in [1.807, 2.05) is 41.8 Å². The number of amides is 1. The van der Waals surface area contributed by atoms with Crippen molar-refractivity contribution in [3.63, 3.8) is 0 Å². The summed E-state index contributed by atoms with van der Waals surface area (Å²) in [6, 6.07) is 11.2. The van der Waals surface area contributed by atoms with Gasteiger partial charge in [0.15, 0.2) is 5.16 Å². The Bertz CT molecular complexity index is 845. The number of ether oxygens (including phenoxy) is 1. The van der Waals surface area contributed by atoms with Crippen LogP contribution in [0.3, 0.4) is 0 Å². The molecule has 25 heavy (non-hydrogen) atoms. The summed E-state index contributed by atoms with van der Waals surface area (Å²) in [6.07, 6.45) is 1.58. The van der Waals surface area contributed by atoms with E-state index in [4.69, 9.17) is 9.15 Å². The molecule has 0 aliphatic rings. The van der Waals surface area contributed by atoms with Crippen LogP contribution in [0.2, 0.25) is 0 Å². The van der Waals surface area contributed by atoms with Crippen molar-refractivity contribution >= 4 is 17.7 Å². The number of methoxy groups -OCH3 is 1. The van der Waals surface area contributed by atoms with Crippen LogP contribution in [0.4, 0.5) is 0 Å². The molecule has 0 bridgehead atoms. The van der Waals surface area contributed by atoms with Crippen LogP contribution in [0, 0.1) is 6.92 Å². The third-order valence-corrected chi connectivity index (χ3v) is 4.42. The van der Waals surface area contributed by atoms with Crippen LogP contribution in [0.1, 0.15) is 11.6 Å². The molecule has 0 aliphatic carbocycles. The molecule has 2 aromatic heterocycles. The van der Waals surface area contributed by atoms with Crippen molar-refractivity contribution in [2.45, 2.75) is 18.6 Å². The number of nitrogens with one attached hydrogen (secondary N) is 1. The highest BCUT2D eigenvalue weighted by molar-refractivity contribution is 7.99. The summed E-state index contributed by atoms with van der Waals surface area (Å²) in [5, 5.41) is 11.7. The summed E-state index contributed by atoms with van der Waals surface area (Å²) in [5.41, 5.74) is 0.839. The molecule has 0 aliphatic heterocycles. The number of rotatable bonds is 7. The van der Waals surface area contributed by atoms with Crippen molar-refractivity contribution in [1.82, 2.24) is 20.1 Å². The zero-order chi connectivity index (χ0) is 17.6. The van der Waals surface area contributed by atoms with E-state index in [1.165, 1.54) is 11.8 Å². The predicted molar refractivity (Wildman–Crippen MR) is 93.9 cm³/mol. The molecular formula is C17H18N4O3S. The monoisotopic (exact) mass is 358 g/mol. The first kappa shape index (κ1) is 17.1. The number of hydrogen-bond donors (Lipinski definition) is 1. The molecule has 0 spiro atoms. The summed E-state index contributed by atoms with van der Waals surface area (Å²) in [6.45, 7) is 2.23. The van der Waals surface area contributed by atoms with E-state index in [2.05, 4.69) is 15.5 Å². The molecule has 3 aromatic rings. The standard InChI is InChI=1S/C17H18N4O3S/c1-12-19-20-17(21(12)14-7-3-4-8-15(14)23-2)25-11-16(22)18-10-13-6-5-9-24-13/h3-9H,10-11H2,1-2H3,(H,18,22). The zero-order valence-corrected chi connectivity index (χ0v) is 14.7. The van der Waals surface area contributed by atoms with Crippen LogP contribution in [0.5, 0.6) is 5.75 Å². The number of furan rings is 1. The van der Waals surface area contributed by atoms with Crippen LogP contribution in [-0.2, 0) is 11.3 Å². The first-order valence-corrected chi connectivity index (χ1v) is 8.65. The number of hydrogen-bond acceptors (Lipinski definition) is 6. The Morgan fingerprint density at radius 2 is 2.12 bits per heavy atom. The molecule has 0 fully saturated rings. The van der Waals surface area contributed by atoms with Gasteiger partial charge in [-0.2, -0.15) is 0 Å². The fraction of sp³-hybridized carbons (Fsp3) is 0.235. The normalized spacial score (nSPS) is 10.6. The molecule has 0 atom stereocenters. The lowest BCUT2D eigenvalue weighted by Gasteiger charge is -2.12. The molecule has 0 saturated heterocycles. The molecular weight excluding hydrogens is 340 g/mol. The van der Waals surface area contributed by atoms with Gasteiger partial charge >= 0.3 is 0 Å². The van der Waals surface area contributed by atoms with E-state index in [1.54, 1.807) is 19.4 Å². The van der Waals surface area contributed by atoms with Gasteiger partial charge in [-0.3, -0.25) is 9.36 Å². The molecule has 2 heterocycles. The largest absolute Gasteiger partial charge is 0.495 e. The highest BCUT2D eigenvalue weighted by Gasteiger charge is 2.16. The first-order valence-electron chi connectivity index (χ1n) is 7.66. The van der Waals surface area contributed by atoms with Crippen molar-refractivity contribution in [2.24, 2.45) is 0 Å². The zero-order valence-electron chi connectivity index (χ0n) is 13.9. The summed E-state index contributed by atoms with van der Waals surface area (Å²) in [4.78, 5) is 12.0. The Labute approximate surface area is 149 Å². The molecule has 1 amide bonds. The average Bonchev–Trinajstić information content (AvgIpc) is 3.27. The second-order valence-corrected chi connectivity index (χ2v) is 6.12. The van der Waals surface area contributed by atoms with Gasteiger partial charge < -0.3 is 14.5 Å². The van der Waals surface area contributed by atoms with Crippen LogP contribution < -0.4 is 10.1 Å². The van der Waals surface area contributed by atoms with Gasteiger partial charge in [0.2, 0.25) is 5.91 Å². The third kappa shape index (κ3) is 4.03. The van der Waals surface area contributed by atoms with Crippen LogP contribution >= 0.6 is 11.8 Å². The number of benzene rings is 1. The van der Waals surface area contributed by atoms with E-state index in [0.29, 0.717) is 17.5 Å². The van der Waals surface area contributed by atoms with Crippen molar-refractivity contribution in [2.75, 3.05) is 12.9 Å². The van der Waals surface area contributed by atoms with E-state index in [9.17, 15) is 4.79 Å². The lowest BCUT2D eigenvalue weighted by molar-refractivity contribution is -0.118. The Morgan fingerprint density at radius 3 is 2.88 bits per heavy atom. The van der Waals surface area contributed by atoms with Gasteiger partial charge in [-0.1, -0.05) is 23.9 Å². The second-order valence-electron chi connectivity index (χ2n) is 5.18. The highest BCUT2D eigenvalue weighted by Crippen LogP contribution is 2.28. The molecule has 0 radical (unpaired) electrons. The fourth-order valence-corrected chi connectivity index (χ4v) is 3.13. The van der Waals surface area contributed by atoms with Crippen molar-refractivity contribution in [3.05, 3.63) is 54.2 Å². The summed E-state index contributed by atoms with van der Waals surface area (Å²) in [5.74, 6) is 2.28. The van der Waals surface area contributed by atoms with Gasteiger partial charge in [0.1, 0.15) is 17.3 Å². The molecule has 1 aromatic carbocycles. The Hall–Kier alpha value is -2.74. The Balaban J connectivity index is 1.68. The van der Waals surface area contributed by atoms with Gasteiger partial charge in [-0.05, 0) is 31.2 Å². The van der Waals surface area contributed by atoms with Gasteiger partial charge in [0.05, 0.1) is 31.4 Å².